The van der Waals surface area contributed by atoms with Crippen molar-refractivity contribution in [2.75, 3.05) is 19.1 Å². The van der Waals surface area contributed by atoms with Gasteiger partial charge in [-0.05, 0) is 61.7 Å². The van der Waals surface area contributed by atoms with Crippen LogP contribution >= 0.6 is 0 Å². The third-order valence-electron chi connectivity index (χ3n) is 6.19. The summed E-state index contributed by atoms with van der Waals surface area (Å²) in [4.78, 5) is 29.0. The number of amides is 2. The number of aryl methyl sites for hydroxylation is 1. The van der Waals surface area contributed by atoms with Crippen molar-refractivity contribution < 1.29 is 23.5 Å². The molecule has 0 radical (unpaired) electrons. The molecule has 0 saturated heterocycles. The Kier molecular flexibility index (Phi) is 7.21. The van der Waals surface area contributed by atoms with Gasteiger partial charge in [0.05, 0.1) is 20.5 Å². The first-order valence-electron chi connectivity index (χ1n) is 11.5. The van der Waals surface area contributed by atoms with Gasteiger partial charge in [-0.15, -0.1) is 0 Å². The summed E-state index contributed by atoms with van der Waals surface area (Å²) >= 11 is 0. The van der Waals surface area contributed by atoms with Crippen LogP contribution in [0.15, 0.2) is 65.3 Å². The molecule has 1 N–H and O–H groups in total. The van der Waals surface area contributed by atoms with E-state index >= 15 is 0 Å². The number of benzene rings is 2. The molecule has 1 aliphatic carbocycles. The second-order valence-corrected chi connectivity index (χ2v) is 8.49. The van der Waals surface area contributed by atoms with Crippen LogP contribution in [0.5, 0.6) is 11.5 Å². The fourth-order valence-electron chi connectivity index (χ4n) is 4.40. The first-order chi connectivity index (χ1) is 16.5. The van der Waals surface area contributed by atoms with Crippen molar-refractivity contribution in [1.82, 2.24) is 5.32 Å². The molecule has 4 rings (SSSR count). The van der Waals surface area contributed by atoms with E-state index in [4.69, 9.17) is 13.9 Å². The fraction of sp³-hybridized carbons (Fsp3) is 0.333. The average molecular weight is 463 g/mol. The van der Waals surface area contributed by atoms with Gasteiger partial charge in [-0.1, -0.05) is 36.6 Å². The molecule has 178 valence electrons. The van der Waals surface area contributed by atoms with E-state index in [9.17, 15) is 9.59 Å². The summed E-state index contributed by atoms with van der Waals surface area (Å²) in [7, 11) is 3.10. The SMILES string of the molecule is COc1ccc(C(C(=O)NC2CCCC2)N(C(=O)c2ccco2)c2ccc(C)cc2)cc1OC. The van der Waals surface area contributed by atoms with Crippen LogP contribution in [0.2, 0.25) is 0 Å². The summed E-state index contributed by atoms with van der Waals surface area (Å²) in [6, 6.07) is 15.2. The Morgan fingerprint density at radius 2 is 1.71 bits per heavy atom. The summed E-state index contributed by atoms with van der Waals surface area (Å²) in [6.45, 7) is 1.97. The summed E-state index contributed by atoms with van der Waals surface area (Å²) in [5.41, 5.74) is 2.24. The molecule has 1 atom stereocenters. The van der Waals surface area contributed by atoms with Gasteiger partial charge in [0.2, 0.25) is 5.91 Å². The normalized spacial score (nSPS) is 14.4. The molecule has 7 heteroatoms. The highest BCUT2D eigenvalue weighted by Gasteiger charge is 2.36. The molecule has 0 bridgehead atoms. The van der Waals surface area contributed by atoms with Crippen LogP contribution in [0.3, 0.4) is 0 Å². The lowest BCUT2D eigenvalue weighted by Crippen LogP contribution is -2.46. The molecule has 0 spiro atoms. The maximum atomic E-state index is 13.8. The van der Waals surface area contributed by atoms with Gasteiger partial charge < -0.3 is 19.2 Å². The van der Waals surface area contributed by atoms with E-state index in [1.807, 2.05) is 31.2 Å². The minimum Gasteiger partial charge on any atom is -0.493 e. The van der Waals surface area contributed by atoms with E-state index in [1.54, 1.807) is 44.6 Å². The van der Waals surface area contributed by atoms with Gasteiger partial charge in [0.1, 0.15) is 6.04 Å². The molecule has 1 fully saturated rings. The first-order valence-corrected chi connectivity index (χ1v) is 11.5. The summed E-state index contributed by atoms with van der Waals surface area (Å²) in [6.07, 6.45) is 5.48. The van der Waals surface area contributed by atoms with Crippen LogP contribution in [-0.2, 0) is 4.79 Å². The van der Waals surface area contributed by atoms with E-state index in [1.165, 1.54) is 11.2 Å². The lowest BCUT2D eigenvalue weighted by Gasteiger charge is -2.32. The number of nitrogens with one attached hydrogen (secondary N) is 1. The van der Waals surface area contributed by atoms with Crippen molar-refractivity contribution >= 4 is 17.5 Å². The highest BCUT2D eigenvalue weighted by molar-refractivity contribution is 6.08. The van der Waals surface area contributed by atoms with Gasteiger partial charge in [0.25, 0.3) is 5.91 Å². The molecule has 1 unspecified atom stereocenters. The summed E-state index contributed by atoms with van der Waals surface area (Å²) < 4.78 is 16.3. The summed E-state index contributed by atoms with van der Waals surface area (Å²) in [5.74, 6) is 0.517. The molecule has 7 nitrogen and oxygen atoms in total. The number of ether oxygens (including phenoxy) is 2. The zero-order valence-electron chi connectivity index (χ0n) is 19.7. The zero-order chi connectivity index (χ0) is 24.1. The zero-order valence-corrected chi connectivity index (χ0v) is 19.7. The van der Waals surface area contributed by atoms with Crippen molar-refractivity contribution in [3.05, 3.63) is 77.7 Å². The first kappa shape index (κ1) is 23.4. The van der Waals surface area contributed by atoms with Crippen LogP contribution in [0, 0.1) is 6.92 Å². The van der Waals surface area contributed by atoms with Gasteiger partial charge in [-0.25, -0.2) is 0 Å². The van der Waals surface area contributed by atoms with Crippen LogP contribution < -0.4 is 19.7 Å². The summed E-state index contributed by atoms with van der Waals surface area (Å²) in [5, 5.41) is 3.17. The molecule has 1 saturated carbocycles. The Morgan fingerprint density at radius 3 is 2.32 bits per heavy atom. The molecule has 1 aromatic heterocycles. The van der Waals surface area contributed by atoms with Crippen molar-refractivity contribution in [2.45, 2.75) is 44.7 Å². The third kappa shape index (κ3) is 4.93. The largest absolute Gasteiger partial charge is 0.493 e. The van der Waals surface area contributed by atoms with Crippen LogP contribution in [0.1, 0.15) is 53.4 Å². The maximum Gasteiger partial charge on any atom is 0.294 e. The predicted octanol–water partition coefficient (Wildman–Crippen LogP) is 5.05. The molecule has 2 amide bonds. The second-order valence-electron chi connectivity index (χ2n) is 8.49. The molecule has 34 heavy (non-hydrogen) atoms. The Bertz CT molecular complexity index is 1120. The van der Waals surface area contributed by atoms with Crippen LogP contribution in [0.4, 0.5) is 5.69 Å². The Labute approximate surface area is 199 Å². The third-order valence-corrected chi connectivity index (χ3v) is 6.19. The number of nitrogens with zero attached hydrogens (tertiary/aromatic N) is 1. The minimum atomic E-state index is -0.944. The highest BCUT2D eigenvalue weighted by Crippen LogP contribution is 2.35. The lowest BCUT2D eigenvalue weighted by atomic mass is 10.0. The molecular formula is C27H30N2O5. The van der Waals surface area contributed by atoms with Gasteiger partial charge >= 0.3 is 0 Å². The van der Waals surface area contributed by atoms with Crippen molar-refractivity contribution in [3.8, 4) is 11.5 Å². The van der Waals surface area contributed by atoms with Crippen molar-refractivity contribution in [3.63, 3.8) is 0 Å². The quantitative estimate of drug-likeness (QED) is 0.507. The molecule has 2 aromatic carbocycles. The number of hydrogen-bond donors (Lipinski definition) is 1. The minimum absolute atomic E-state index is 0.0914. The monoisotopic (exact) mass is 462 g/mol. The predicted molar refractivity (Wildman–Crippen MR) is 129 cm³/mol. The molecule has 1 heterocycles. The fourth-order valence-corrected chi connectivity index (χ4v) is 4.40. The average Bonchev–Trinajstić information content (AvgIpc) is 3.57. The molecular weight excluding hydrogens is 432 g/mol. The number of rotatable bonds is 8. The van der Waals surface area contributed by atoms with E-state index in [2.05, 4.69) is 5.32 Å². The molecule has 3 aromatic rings. The van der Waals surface area contributed by atoms with E-state index in [0.29, 0.717) is 22.7 Å². The van der Waals surface area contributed by atoms with E-state index in [0.717, 1.165) is 31.2 Å². The van der Waals surface area contributed by atoms with Gasteiger partial charge in [0.15, 0.2) is 17.3 Å². The van der Waals surface area contributed by atoms with E-state index < -0.39 is 11.9 Å². The number of anilines is 1. The number of carbonyl (C=O) groups is 2. The van der Waals surface area contributed by atoms with Crippen LogP contribution in [0.25, 0.3) is 0 Å². The molecule has 1 aliphatic rings. The number of carbonyl (C=O) groups excluding carboxylic acids is 2. The second kappa shape index (κ2) is 10.5. The Hall–Kier alpha value is -3.74. The van der Waals surface area contributed by atoms with Crippen LogP contribution in [-0.4, -0.2) is 32.1 Å². The lowest BCUT2D eigenvalue weighted by molar-refractivity contribution is -0.123. The smallest absolute Gasteiger partial charge is 0.294 e. The number of methoxy groups -OCH3 is 2. The number of furan rings is 1. The van der Waals surface area contributed by atoms with Gasteiger partial charge in [0, 0.05) is 11.7 Å². The van der Waals surface area contributed by atoms with Gasteiger partial charge in [-0.3, -0.25) is 14.5 Å². The highest BCUT2D eigenvalue weighted by atomic mass is 16.5. The Balaban J connectivity index is 1.84. The topological polar surface area (TPSA) is 81.0 Å². The van der Waals surface area contributed by atoms with Gasteiger partial charge in [-0.2, -0.15) is 0 Å². The van der Waals surface area contributed by atoms with Crippen molar-refractivity contribution in [1.29, 1.82) is 0 Å². The maximum absolute atomic E-state index is 13.8. The van der Waals surface area contributed by atoms with E-state index in [-0.39, 0.29) is 17.7 Å². The number of hydrogen-bond acceptors (Lipinski definition) is 5. The Morgan fingerprint density at radius 1 is 1.00 bits per heavy atom. The molecule has 0 aliphatic heterocycles. The standard InChI is InChI=1S/C27H30N2O5/c1-18-10-13-21(14-11-18)29(27(31)23-9-6-16-34-23)25(26(30)28-20-7-4-5-8-20)19-12-15-22(32-2)24(17-19)33-3/h6,9-17,20,25H,4-5,7-8H2,1-3H3,(H,28,30). The van der Waals surface area contributed by atoms with Crippen molar-refractivity contribution in [2.24, 2.45) is 0 Å².